The lowest BCUT2D eigenvalue weighted by molar-refractivity contribution is -0.143. The molecule has 1 rings (SSSR count). The highest BCUT2D eigenvalue weighted by atomic mass is 19.1. The molecule has 0 saturated heterocycles. The number of imide groups is 1. The van der Waals surface area contributed by atoms with Crippen molar-refractivity contribution in [3.05, 3.63) is 41.7 Å². The summed E-state index contributed by atoms with van der Waals surface area (Å²) in [5, 5.41) is 4.51. The van der Waals surface area contributed by atoms with Gasteiger partial charge < -0.3 is 10.1 Å². The van der Waals surface area contributed by atoms with Crippen LogP contribution in [0.3, 0.4) is 0 Å². The van der Waals surface area contributed by atoms with E-state index in [9.17, 15) is 18.8 Å². The number of benzene rings is 1. The number of esters is 1. The fraction of sp³-hybridized carbons (Fsp3) is 0.312. The number of urea groups is 1. The summed E-state index contributed by atoms with van der Waals surface area (Å²) in [7, 11) is 0. The number of halogens is 1. The van der Waals surface area contributed by atoms with Gasteiger partial charge >= 0.3 is 12.0 Å². The quantitative estimate of drug-likeness (QED) is 0.618. The van der Waals surface area contributed by atoms with Crippen LogP contribution in [0.4, 0.5) is 9.18 Å². The Morgan fingerprint density at radius 3 is 2.61 bits per heavy atom. The van der Waals surface area contributed by atoms with Crippen molar-refractivity contribution in [1.82, 2.24) is 10.6 Å². The first-order chi connectivity index (χ1) is 10.9. The second kappa shape index (κ2) is 9.34. The van der Waals surface area contributed by atoms with Crippen LogP contribution in [0.25, 0.3) is 6.08 Å². The minimum Gasteiger partial charge on any atom is -0.452 e. The lowest BCUT2D eigenvalue weighted by atomic mass is 10.2. The van der Waals surface area contributed by atoms with Crippen LogP contribution < -0.4 is 10.6 Å². The van der Waals surface area contributed by atoms with Gasteiger partial charge in [0.15, 0.2) is 6.61 Å². The summed E-state index contributed by atoms with van der Waals surface area (Å²) in [6, 6.07) is 5.25. The van der Waals surface area contributed by atoms with Gasteiger partial charge in [-0.2, -0.15) is 0 Å². The minimum absolute atomic E-state index is 0.224. The molecule has 0 aliphatic heterocycles. The highest BCUT2D eigenvalue weighted by molar-refractivity contribution is 5.96. The van der Waals surface area contributed by atoms with Crippen LogP contribution in [-0.2, 0) is 14.3 Å². The van der Waals surface area contributed by atoms with E-state index in [1.54, 1.807) is 6.07 Å². The Hall–Kier alpha value is -2.70. The first-order valence-electron chi connectivity index (χ1n) is 7.05. The second-order valence-corrected chi connectivity index (χ2v) is 5.11. The first-order valence-corrected chi connectivity index (χ1v) is 7.05. The molecule has 6 nitrogen and oxygen atoms in total. The number of hydrogen-bond donors (Lipinski definition) is 2. The van der Waals surface area contributed by atoms with E-state index < -0.39 is 30.3 Å². The SMILES string of the molecule is CC(C)CNC(=O)NC(=O)COC(=O)/C=C/c1ccccc1F. The van der Waals surface area contributed by atoms with Crippen LogP contribution in [-0.4, -0.2) is 31.1 Å². The average Bonchev–Trinajstić information content (AvgIpc) is 2.50. The fourth-order valence-corrected chi connectivity index (χ4v) is 1.46. The molecule has 0 aliphatic rings. The van der Waals surface area contributed by atoms with E-state index in [1.807, 2.05) is 19.2 Å². The van der Waals surface area contributed by atoms with E-state index in [1.165, 1.54) is 24.3 Å². The van der Waals surface area contributed by atoms with E-state index in [0.717, 1.165) is 6.08 Å². The van der Waals surface area contributed by atoms with Gasteiger partial charge in [0.2, 0.25) is 0 Å². The van der Waals surface area contributed by atoms with Gasteiger partial charge in [0.05, 0.1) is 0 Å². The molecule has 1 aromatic carbocycles. The molecule has 0 fully saturated rings. The molecule has 0 bridgehead atoms. The van der Waals surface area contributed by atoms with Gasteiger partial charge in [-0.1, -0.05) is 32.0 Å². The third-order valence-electron chi connectivity index (χ3n) is 2.57. The predicted octanol–water partition coefficient (Wildman–Crippen LogP) is 1.86. The van der Waals surface area contributed by atoms with Crippen molar-refractivity contribution in [3.8, 4) is 0 Å². The molecule has 7 heteroatoms. The van der Waals surface area contributed by atoms with Crippen molar-refractivity contribution in [2.24, 2.45) is 5.92 Å². The molecular formula is C16H19FN2O4. The Morgan fingerprint density at radius 2 is 1.96 bits per heavy atom. The van der Waals surface area contributed by atoms with E-state index in [4.69, 9.17) is 0 Å². The van der Waals surface area contributed by atoms with Crippen molar-refractivity contribution >= 4 is 24.0 Å². The Morgan fingerprint density at radius 1 is 1.26 bits per heavy atom. The van der Waals surface area contributed by atoms with Gasteiger partial charge in [-0.15, -0.1) is 0 Å². The van der Waals surface area contributed by atoms with Gasteiger partial charge in [-0.25, -0.2) is 14.0 Å². The summed E-state index contributed by atoms with van der Waals surface area (Å²) >= 11 is 0. The first kappa shape index (κ1) is 18.3. The molecule has 0 heterocycles. The van der Waals surface area contributed by atoms with E-state index in [0.29, 0.717) is 6.54 Å². The molecule has 0 spiro atoms. The summed E-state index contributed by atoms with van der Waals surface area (Å²) < 4.78 is 18.0. The Balaban J connectivity index is 2.34. The Bertz CT molecular complexity index is 599. The average molecular weight is 322 g/mol. The fourth-order valence-electron chi connectivity index (χ4n) is 1.46. The summed E-state index contributed by atoms with van der Waals surface area (Å²) in [6.07, 6.45) is 2.25. The Kier molecular flexibility index (Phi) is 7.45. The molecule has 0 aliphatic carbocycles. The van der Waals surface area contributed by atoms with Crippen molar-refractivity contribution < 1.29 is 23.5 Å². The van der Waals surface area contributed by atoms with Gasteiger partial charge in [0.1, 0.15) is 5.82 Å². The molecule has 124 valence electrons. The standard InChI is InChI=1S/C16H19FN2O4/c1-11(2)9-18-16(22)19-14(20)10-23-15(21)8-7-12-5-3-4-6-13(12)17/h3-8,11H,9-10H2,1-2H3,(H2,18,19,20,22)/b8-7+. The third kappa shape index (κ3) is 7.75. The minimum atomic E-state index is -0.814. The van der Waals surface area contributed by atoms with Crippen molar-refractivity contribution in [3.63, 3.8) is 0 Å². The number of nitrogens with one attached hydrogen (secondary N) is 2. The van der Waals surface area contributed by atoms with Gasteiger partial charge in [-0.3, -0.25) is 10.1 Å². The number of ether oxygens (including phenoxy) is 1. The van der Waals surface area contributed by atoms with Crippen LogP contribution in [0, 0.1) is 11.7 Å². The largest absolute Gasteiger partial charge is 0.452 e. The molecular weight excluding hydrogens is 303 g/mol. The number of carbonyl (C=O) groups is 3. The normalized spacial score (nSPS) is 10.6. The monoisotopic (exact) mass is 322 g/mol. The van der Waals surface area contributed by atoms with E-state index in [2.05, 4.69) is 10.1 Å². The zero-order chi connectivity index (χ0) is 17.2. The lowest BCUT2D eigenvalue weighted by Gasteiger charge is -2.08. The summed E-state index contributed by atoms with van der Waals surface area (Å²) in [5.41, 5.74) is 0.224. The van der Waals surface area contributed by atoms with Crippen molar-refractivity contribution in [1.29, 1.82) is 0 Å². The molecule has 2 N–H and O–H groups in total. The van der Waals surface area contributed by atoms with E-state index >= 15 is 0 Å². The highest BCUT2D eigenvalue weighted by Gasteiger charge is 2.09. The molecule has 3 amide bonds. The zero-order valence-electron chi connectivity index (χ0n) is 13.0. The molecule has 0 radical (unpaired) electrons. The van der Waals surface area contributed by atoms with Crippen LogP contribution in [0.1, 0.15) is 19.4 Å². The van der Waals surface area contributed by atoms with Crippen molar-refractivity contribution in [2.45, 2.75) is 13.8 Å². The molecule has 0 aromatic heterocycles. The van der Waals surface area contributed by atoms with Gasteiger partial charge in [0.25, 0.3) is 5.91 Å². The van der Waals surface area contributed by atoms with Crippen LogP contribution >= 0.6 is 0 Å². The third-order valence-corrected chi connectivity index (χ3v) is 2.57. The number of hydrogen-bond acceptors (Lipinski definition) is 4. The summed E-state index contributed by atoms with van der Waals surface area (Å²) in [4.78, 5) is 34.1. The molecule has 0 unspecified atom stereocenters. The summed E-state index contributed by atoms with van der Waals surface area (Å²) in [5.74, 6) is -1.79. The van der Waals surface area contributed by atoms with Crippen molar-refractivity contribution in [2.75, 3.05) is 13.2 Å². The number of rotatable bonds is 6. The maximum Gasteiger partial charge on any atom is 0.331 e. The predicted molar refractivity (Wildman–Crippen MR) is 82.8 cm³/mol. The zero-order valence-corrected chi connectivity index (χ0v) is 13.0. The maximum atomic E-state index is 13.3. The second-order valence-electron chi connectivity index (χ2n) is 5.11. The van der Waals surface area contributed by atoms with Gasteiger partial charge in [-0.05, 0) is 18.1 Å². The van der Waals surface area contributed by atoms with Crippen LogP contribution in [0.5, 0.6) is 0 Å². The topological polar surface area (TPSA) is 84.5 Å². The smallest absolute Gasteiger partial charge is 0.331 e. The molecule has 1 aromatic rings. The Labute approximate surface area is 133 Å². The number of amides is 3. The molecule has 0 saturated carbocycles. The molecule has 0 atom stereocenters. The maximum absolute atomic E-state index is 13.3. The highest BCUT2D eigenvalue weighted by Crippen LogP contribution is 2.08. The molecule has 23 heavy (non-hydrogen) atoms. The number of carbonyl (C=O) groups excluding carboxylic acids is 3. The van der Waals surface area contributed by atoms with Crippen LogP contribution in [0.2, 0.25) is 0 Å². The lowest BCUT2D eigenvalue weighted by Crippen LogP contribution is -2.42. The van der Waals surface area contributed by atoms with Gasteiger partial charge in [0, 0.05) is 18.2 Å². The van der Waals surface area contributed by atoms with Crippen LogP contribution in [0.15, 0.2) is 30.3 Å². The summed E-state index contributed by atoms with van der Waals surface area (Å²) in [6.45, 7) is 3.64. The van der Waals surface area contributed by atoms with E-state index in [-0.39, 0.29) is 11.5 Å².